The van der Waals surface area contributed by atoms with Crippen LogP contribution in [0.15, 0.2) is 0 Å². The largest absolute Gasteiger partial charge is 0.370 e. The van der Waals surface area contributed by atoms with Gasteiger partial charge in [0.05, 0.1) is 0 Å². The number of hydrogen-bond acceptors (Lipinski definition) is 3. The molecule has 0 saturated carbocycles. The molecule has 0 heterocycles. The highest BCUT2D eigenvalue weighted by Gasteiger charge is 2.12. The monoisotopic (exact) mass is 218 g/mol. The van der Waals surface area contributed by atoms with Crippen molar-refractivity contribution in [3.63, 3.8) is 0 Å². The highest BCUT2D eigenvalue weighted by atomic mass is 32.2. The lowest BCUT2D eigenvalue weighted by Crippen LogP contribution is -2.32. The molecule has 3 N–H and O–H groups in total. The molecule has 0 aromatic rings. The quantitative estimate of drug-likeness (QED) is 0.708. The molecule has 1 atom stereocenters. The standard InChI is InChI=1S/C10H22N2OS/c1-8(7-14-10(2,3)4)12-6-5-9(11)13/h8,12H,5-7H2,1-4H3,(H2,11,13). The van der Waals surface area contributed by atoms with Crippen molar-refractivity contribution in [3.05, 3.63) is 0 Å². The van der Waals surface area contributed by atoms with Gasteiger partial charge in [0.1, 0.15) is 0 Å². The predicted octanol–water partition coefficient (Wildman–Crippen LogP) is 1.37. The zero-order valence-electron chi connectivity index (χ0n) is 9.59. The molecular weight excluding hydrogens is 196 g/mol. The molecule has 0 aromatic carbocycles. The third kappa shape index (κ3) is 9.86. The zero-order valence-corrected chi connectivity index (χ0v) is 10.4. The van der Waals surface area contributed by atoms with E-state index in [4.69, 9.17) is 5.73 Å². The Hall–Kier alpha value is -0.220. The van der Waals surface area contributed by atoms with Crippen molar-refractivity contribution in [2.45, 2.75) is 44.9 Å². The van der Waals surface area contributed by atoms with Crippen molar-refractivity contribution >= 4 is 17.7 Å². The molecule has 1 amide bonds. The summed E-state index contributed by atoms with van der Waals surface area (Å²) in [6.07, 6.45) is 0.421. The molecule has 0 saturated heterocycles. The van der Waals surface area contributed by atoms with Crippen LogP contribution < -0.4 is 11.1 Å². The number of amides is 1. The number of rotatable bonds is 6. The van der Waals surface area contributed by atoms with Gasteiger partial charge in [-0.15, -0.1) is 0 Å². The minimum atomic E-state index is -0.242. The van der Waals surface area contributed by atoms with Gasteiger partial charge >= 0.3 is 0 Å². The summed E-state index contributed by atoms with van der Waals surface area (Å²) >= 11 is 1.92. The average Bonchev–Trinajstić information content (AvgIpc) is 1.99. The lowest BCUT2D eigenvalue weighted by Gasteiger charge is -2.21. The van der Waals surface area contributed by atoms with Crippen molar-refractivity contribution < 1.29 is 4.79 Å². The molecule has 0 fully saturated rings. The van der Waals surface area contributed by atoms with E-state index in [0.717, 1.165) is 5.75 Å². The number of carbonyl (C=O) groups is 1. The normalized spacial score (nSPS) is 14.0. The van der Waals surface area contributed by atoms with Crippen LogP contribution >= 0.6 is 11.8 Å². The third-order valence-corrected chi connectivity index (χ3v) is 3.16. The van der Waals surface area contributed by atoms with E-state index in [2.05, 4.69) is 33.0 Å². The van der Waals surface area contributed by atoms with Crippen LogP contribution in [-0.2, 0) is 4.79 Å². The second-order valence-corrected chi connectivity index (χ2v) is 6.34. The average molecular weight is 218 g/mol. The Morgan fingerprint density at radius 2 is 2.07 bits per heavy atom. The van der Waals surface area contributed by atoms with Crippen molar-refractivity contribution in [1.29, 1.82) is 0 Å². The van der Waals surface area contributed by atoms with Crippen LogP contribution in [-0.4, -0.2) is 29.0 Å². The maximum Gasteiger partial charge on any atom is 0.218 e. The van der Waals surface area contributed by atoms with Gasteiger partial charge in [0.2, 0.25) is 5.91 Å². The van der Waals surface area contributed by atoms with E-state index >= 15 is 0 Å². The van der Waals surface area contributed by atoms with Gasteiger partial charge in [-0.05, 0) is 6.92 Å². The summed E-state index contributed by atoms with van der Waals surface area (Å²) in [6.45, 7) is 9.41. The fourth-order valence-corrected chi connectivity index (χ4v) is 1.74. The van der Waals surface area contributed by atoms with E-state index < -0.39 is 0 Å². The topological polar surface area (TPSA) is 55.1 Å². The van der Waals surface area contributed by atoms with Crippen LogP contribution in [0.3, 0.4) is 0 Å². The van der Waals surface area contributed by atoms with E-state index in [1.165, 1.54) is 0 Å². The molecule has 0 spiro atoms. The number of nitrogens with two attached hydrogens (primary N) is 1. The fourth-order valence-electron chi connectivity index (χ4n) is 0.876. The Morgan fingerprint density at radius 1 is 1.50 bits per heavy atom. The van der Waals surface area contributed by atoms with E-state index in [1.807, 2.05) is 11.8 Å². The van der Waals surface area contributed by atoms with Crippen molar-refractivity contribution in [3.8, 4) is 0 Å². The molecular formula is C10H22N2OS. The molecule has 1 unspecified atom stereocenters. The number of carbonyl (C=O) groups excluding carboxylic acids is 1. The first-order valence-corrected chi connectivity index (χ1v) is 5.95. The number of thioether (sulfide) groups is 1. The van der Waals surface area contributed by atoms with Crippen LogP contribution in [0.5, 0.6) is 0 Å². The Balaban J connectivity index is 3.46. The number of nitrogens with one attached hydrogen (secondary N) is 1. The van der Waals surface area contributed by atoms with Crippen LogP contribution in [0.25, 0.3) is 0 Å². The first kappa shape index (κ1) is 13.8. The molecule has 4 heteroatoms. The molecule has 0 aromatic heterocycles. The Kier molecular flexibility index (Phi) is 6.20. The van der Waals surface area contributed by atoms with Gasteiger partial charge in [0, 0.05) is 29.5 Å². The maximum atomic E-state index is 10.5. The molecule has 0 aliphatic carbocycles. The molecule has 84 valence electrons. The molecule has 0 aliphatic rings. The van der Waals surface area contributed by atoms with E-state index in [-0.39, 0.29) is 5.91 Å². The van der Waals surface area contributed by atoms with Crippen LogP contribution in [0.2, 0.25) is 0 Å². The lowest BCUT2D eigenvalue weighted by molar-refractivity contribution is -0.117. The summed E-state index contributed by atoms with van der Waals surface area (Å²) in [5, 5.41) is 3.26. The fraction of sp³-hybridized carbons (Fsp3) is 0.900. The van der Waals surface area contributed by atoms with E-state index in [9.17, 15) is 4.79 Å². The SMILES string of the molecule is CC(CSC(C)(C)C)NCCC(N)=O. The summed E-state index contributed by atoms with van der Waals surface area (Å²) in [6, 6.07) is 0.429. The maximum absolute atomic E-state index is 10.5. The highest BCUT2D eigenvalue weighted by molar-refractivity contribution is 8.00. The molecule has 0 rings (SSSR count). The van der Waals surface area contributed by atoms with Gasteiger partial charge in [0.25, 0.3) is 0 Å². The van der Waals surface area contributed by atoms with Crippen molar-refractivity contribution in [2.24, 2.45) is 5.73 Å². The van der Waals surface area contributed by atoms with Gasteiger partial charge < -0.3 is 11.1 Å². The molecule has 3 nitrogen and oxygen atoms in total. The second kappa shape index (κ2) is 6.30. The second-order valence-electron chi connectivity index (χ2n) is 4.49. The van der Waals surface area contributed by atoms with Crippen molar-refractivity contribution in [1.82, 2.24) is 5.32 Å². The van der Waals surface area contributed by atoms with Gasteiger partial charge in [-0.25, -0.2) is 0 Å². The smallest absolute Gasteiger partial charge is 0.218 e. The molecule has 14 heavy (non-hydrogen) atoms. The Bertz CT molecular complexity index is 177. The third-order valence-electron chi connectivity index (χ3n) is 1.63. The number of primary amides is 1. The lowest BCUT2D eigenvalue weighted by atomic mass is 10.3. The molecule has 0 bridgehead atoms. The Morgan fingerprint density at radius 3 is 2.50 bits per heavy atom. The molecule has 0 radical (unpaired) electrons. The van der Waals surface area contributed by atoms with Gasteiger partial charge in [0.15, 0.2) is 0 Å². The summed E-state index contributed by atoms with van der Waals surface area (Å²) in [7, 11) is 0. The Labute approximate surface area is 91.2 Å². The van der Waals surface area contributed by atoms with Crippen LogP contribution in [0, 0.1) is 0 Å². The minimum Gasteiger partial charge on any atom is -0.370 e. The predicted molar refractivity (Wildman–Crippen MR) is 63.5 cm³/mol. The van der Waals surface area contributed by atoms with Crippen molar-refractivity contribution in [2.75, 3.05) is 12.3 Å². The molecule has 0 aliphatic heterocycles. The first-order valence-electron chi connectivity index (χ1n) is 4.97. The summed E-state index contributed by atoms with van der Waals surface area (Å²) < 4.78 is 0.305. The summed E-state index contributed by atoms with van der Waals surface area (Å²) in [5.74, 6) is 0.815. The number of hydrogen-bond donors (Lipinski definition) is 2. The summed E-state index contributed by atoms with van der Waals surface area (Å²) in [4.78, 5) is 10.5. The van der Waals surface area contributed by atoms with E-state index in [0.29, 0.717) is 23.8 Å². The van der Waals surface area contributed by atoms with Gasteiger partial charge in [-0.2, -0.15) is 11.8 Å². The van der Waals surface area contributed by atoms with Crippen LogP contribution in [0.1, 0.15) is 34.1 Å². The van der Waals surface area contributed by atoms with E-state index in [1.54, 1.807) is 0 Å². The summed E-state index contributed by atoms with van der Waals surface area (Å²) in [5.41, 5.74) is 5.04. The minimum absolute atomic E-state index is 0.242. The zero-order chi connectivity index (χ0) is 11.2. The van der Waals surface area contributed by atoms with Crippen LogP contribution in [0.4, 0.5) is 0 Å². The highest BCUT2D eigenvalue weighted by Crippen LogP contribution is 2.23. The van der Waals surface area contributed by atoms with Gasteiger partial charge in [-0.1, -0.05) is 20.8 Å². The first-order chi connectivity index (χ1) is 6.31. The van der Waals surface area contributed by atoms with Gasteiger partial charge in [-0.3, -0.25) is 4.79 Å².